The van der Waals surface area contributed by atoms with E-state index in [1.165, 1.54) is 6.08 Å². The Morgan fingerprint density at radius 1 is 1.32 bits per heavy atom. The predicted octanol–water partition coefficient (Wildman–Crippen LogP) is 1.98. The molecule has 0 aromatic heterocycles. The van der Waals surface area contributed by atoms with E-state index < -0.39 is 0 Å². The molecule has 0 aliphatic carbocycles. The number of carbonyl (C=O) groups is 1. The number of ether oxygens (including phenoxy) is 1. The van der Waals surface area contributed by atoms with E-state index in [-0.39, 0.29) is 12.5 Å². The maximum absolute atomic E-state index is 11.5. The number of carbonyl (C=O) groups excluding carboxylic acids is 1. The molecule has 0 unspecified atom stereocenters. The molecule has 0 bridgehead atoms. The third-order valence-electron chi connectivity index (χ3n) is 2.30. The van der Waals surface area contributed by atoms with Gasteiger partial charge in [-0.15, -0.1) is 0 Å². The SMILES string of the molecule is O=C(/C=C/c1ccc(Br)cc1)NCCCOCCO. The van der Waals surface area contributed by atoms with Crippen molar-refractivity contribution in [1.29, 1.82) is 0 Å². The molecule has 0 heterocycles. The third-order valence-corrected chi connectivity index (χ3v) is 2.83. The van der Waals surface area contributed by atoms with Crippen LogP contribution in [0, 0.1) is 0 Å². The summed E-state index contributed by atoms with van der Waals surface area (Å²) >= 11 is 3.35. The van der Waals surface area contributed by atoms with E-state index in [0.717, 1.165) is 16.5 Å². The van der Waals surface area contributed by atoms with Crippen LogP contribution in [0.15, 0.2) is 34.8 Å². The predicted molar refractivity (Wildman–Crippen MR) is 78.7 cm³/mol. The highest BCUT2D eigenvalue weighted by Crippen LogP contribution is 2.11. The average molecular weight is 328 g/mol. The average Bonchev–Trinajstić information content (AvgIpc) is 2.42. The minimum atomic E-state index is -0.120. The first-order valence-electron chi connectivity index (χ1n) is 6.12. The number of aliphatic hydroxyl groups is 1. The fourth-order valence-corrected chi connectivity index (χ4v) is 1.62. The van der Waals surface area contributed by atoms with Crippen LogP contribution in [-0.4, -0.2) is 37.4 Å². The van der Waals surface area contributed by atoms with Crippen LogP contribution in [-0.2, 0) is 9.53 Å². The van der Waals surface area contributed by atoms with Crippen LogP contribution in [0.3, 0.4) is 0 Å². The van der Waals surface area contributed by atoms with Gasteiger partial charge in [-0.2, -0.15) is 0 Å². The second-order valence-corrected chi connectivity index (χ2v) is 4.78. The molecule has 0 saturated heterocycles. The Balaban J connectivity index is 2.18. The van der Waals surface area contributed by atoms with E-state index in [4.69, 9.17) is 9.84 Å². The van der Waals surface area contributed by atoms with E-state index >= 15 is 0 Å². The number of nitrogens with one attached hydrogen (secondary N) is 1. The molecule has 1 aromatic carbocycles. The number of rotatable bonds is 8. The zero-order chi connectivity index (χ0) is 13.9. The van der Waals surface area contributed by atoms with E-state index in [1.54, 1.807) is 6.08 Å². The van der Waals surface area contributed by atoms with Crippen LogP contribution in [0.5, 0.6) is 0 Å². The summed E-state index contributed by atoms with van der Waals surface area (Å²) in [5.41, 5.74) is 0.977. The minimum Gasteiger partial charge on any atom is -0.394 e. The summed E-state index contributed by atoms with van der Waals surface area (Å²) in [5, 5.41) is 11.3. The molecule has 0 saturated carbocycles. The van der Waals surface area contributed by atoms with Gasteiger partial charge < -0.3 is 15.2 Å². The van der Waals surface area contributed by atoms with Crippen LogP contribution in [0.4, 0.5) is 0 Å². The molecule has 0 spiro atoms. The second-order valence-electron chi connectivity index (χ2n) is 3.87. The molecule has 104 valence electrons. The van der Waals surface area contributed by atoms with Gasteiger partial charge >= 0.3 is 0 Å². The zero-order valence-electron chi connectivity index (χ0n) is 10.6. The normalized spacial score (nSPS) is 10.8. The minimum absolute atomic E-state index is 0.0300. The van der Waals surface area contributed by atoms with Gasteiger partial charge in [0.2, 0.25) is 5.91 Å². The Bertz CT molecular complexity index is 404. The molecule has 0 radical (unpaired) electrons. The van der Waals surface area contributed by atoms with E-state index in [2.05, 4.69) is 21.2 Å². The van der Waals surface area contributed by atoms with Gasteiger partial charge in [-0.05, 0) is 30.2 Å². The molecule has 5 heteroatoms. The topological polar surface area (TPSA) is 58.6 Å². The van der Waals surface area contributed by atoms with Crippen LogP contribution in [0.25, 0.3) is 6.08 Å². The molecular formula is C14H18BrNO3. The fourth-order valence-electron chi connectivity index (χ4n) is 1.36. The molecular weight excluding hydrogens is 310 g/mol. The quantitative estimate of drug-likeness (QED) is 0.567. The summed E-state index contributed by atoms with van der Waals surface area (Å²) < 4.78 is 6.09. The summed E-state index contributed by atoms with van der Waals surface area (Å²) in [7, 11) is 0. The largest absolute Gasteiger partial charge is 0.394 e. The van der Waals surface area contributed by atoms with Crippen molar-refractivity contribution in [3.05, 3.63) is 40.4 Å². The van der Waals surface area contributed by atoms with Crippen molar-refractivity contribution < 1.29 is 14.6 Å². The van der Waals surface area contributed by atoms with Crippen molar-refractivity contribution in [2.24, 2.45) is 0 Å². The summed E-state index contributed by atoms with van der Waals surface area (Å²) in [6.45, 7) is 1.48. The van der Waals surface area contributed by atoms with Gasteiger partial charge in [0, 0.05) is 23.7 Å². The lowest BCUT2D eigenvalue weighted by Gasteiger charge is -2.03. The first-order valence-corrected chi connectivity index (χ1v) is 6.92. The van der Waals surface area contributed by atoms with Gasteiger partial charge in [0.1, 0.15) is 0 Å². The molecule has 0 aliphatic rings. The second kappa shape index (κ2) is 9.72. The van der Waals surface area contributed by atoms with Gasteiger partial charge in [0.05, 0.1) is 13.2 Å². The van der Waals surface area contributed by atoms with Crippen molar-refractivity contribution in [1.82, 2.24) is 5.32 Å². The van der Waals surface area contributed by atoms with Gasteiger partial charge in [0.25, 0.3) is 0 Å². The molecule has 2 N–H and O–H groups in total. The highest BCUT2D eigenvalue weighted by atomic mass is 79.9. The van der Waals surface area contributed by atoms with Gasteiger partial charge in [-0.1, -0.05) is 28.1 Å². The van der Waals surface area contributed by atoms with E-state index in [1.807, 2.05) is 24.3 Å². The van der Waals surface area contributed by atoms with Gasteiger partial charge in [0.15, 0.2) is 0 Å². The Morgan fingerprint density at radius 2 is 2.05 bits per heavy atom. The molecule has 1 rings (SSSR count). The first kappa shape index (κ1) is 15.9. The Labute approximate surface area is 121 Å². The van der Waals surface area contributed by atoms with Crippen LogP contribution in [0.1, 0.15) is 12.0 Å². The van der Waals surface area contributed by atoms with Crippen molar-refractivity contribution >= 4 is 27.9 Å². The number of benzene rings is 1. The van der Waals surface area contributed by atoms with Gasteiger partial charge in [-0.3, -0.25) is 4.79 Å². The maximum atomic E-state index is 11.5. The molecule has 0 atom stereocenters. The van der Waals surface area contributed by atoms with Crippen molar-refractivity contribution in [3.8, 4) is 0 Å². The lowest BCUT2D eigenvalue weighted by Crippen LogP contribution is -2.23. The fraction of sp³-hybridized carbons (Fsp3) is 0.357. The highest BCUT2D eigenvalue weighted by molar-refractivity contribution is 9.10. The summed E-state index contributed by atoms with van der Waals surface area (Å²) in [5.74, 6) is -0.120. The van der Waals surface area contributed by atoms with E-state index in [9.17, 15) is 4.79 Å². The Kier molecular flexibility index (Phi) is 8.13. The zero-order valence-corrected chi connectivity index (χ0v) is 12.2. The summed E-state index contributed by atoms with van der Waals surface area (Å²) in [6.07, 6.45) is 4.01. The molecule has 1 aromatic rings. The molecule has 19 heavy (non-hydrogen) atoms. The summed E-state index contributed by atoms with van der Waals surface area (Å²) in [4.78, 5) is 11.5. The maximum Gasteiger partial charge on any atom is 0.244 e. The van der Waals surface area contributed by atoms with Crippen molar-refractivity contribution in [2.75, 3.05) is 26.4 Å². The van der Waals surface area contributed by atoms with Crippen LogP contribution in [0.2, 0.25) is 0 Å². The molecule has 1 amide bonds. The molecule has 0 fully saturated rings. The molecule has 0 aliphatic heterocycles. The number of hydrogen-bond donors (Lipinski definition) is 2. The monoisotopic (exact) mass is 327 g/mol. The Hall–Kier alpha value is -1.17. The van der Waals surface area contributed by atoms with Crippen LogP contribution < -0.4 is 5.32 Å². The first-order chi connectivity index (χ1) is 9.22. The Morgan fingerprint density at radius 3 is 2.74 bits per heavy atom. The van der Waals surface area contributed by atoms with Gasteiger partial charge in [-0.25, -0.2) is 0 Å². The standard InChI is InChI=1S/C14H18BrNO3/c15-13-5-2-12(3-6-13)4-7-14(18)16-8-1-10-19-11-9-17/h2-7,17H,1,8-11H2,(H,16,18)/b7-4+. The highest BCUT2D eigenvalue weighted by Gasteiger charge is 1.95. The lowest BCUT2D eigenvalue weighted by atomic mass is 10.2. The number of hydrogen-bond acceptors (Lipinski definition) is 3. The summed E-state index contributed by atoms with van der Waals surface area (Å²) in [6, 6.07) is 7.71. The smallest absolute Gasteiger partial charge is 0.244 e. The molecule has 4 nitrogen and oxygen atoms in total. The van der Waals surface area contributed by atoms with Crippen molar-refractivity contribution in [3.63, 3.8) is 0 Å². The number of amides is 1. The van der Waals surface area contributed by atoms with Crippen molar-refractivity contribution in [2.45, 2.75) is 6.42 Å². The number of aliphatic hydroxyl groups excluding tert-OH is 1. The number of halogens is 1. The van der Waals surface area contributed by atoms with E-state index in [0.29, 0.717) is 19.8 Å². The third kappa shape index (κ3) is 7.77. The van der Waals surface area contributed by atoms with Crippen LogP contribution >= 0.6 is 15.9 Å². The lowest BCUT2D eigenvalue weighted by molar-refractivity contribution is -0.116.